The fraction of sp³-hybridized carbons (Fsp3) is 0.643. The molecule has 0 bridgehead atoms. The van der Waals surface area contributed by atoms with Gasteiger partial charge in [0.15, 0.2) is 0 Å². The summed E-state index contributed by atoms with van der Waals surface area (Å²) in [5.41, 5.74) is 0. The van der Waals surface area contributed by atoms with Crippen LogP contribution in [-0.2, 0) is 4.79 Å². The Morgan fingerprint density at radius 2 is 1.76 bits per heavy atom. The fourth-order valence-corrected chi connectivity index (χ4v) is 1.31. The number of hydrogen-bond donors (Lipinski definition) is 2. The van der Waals surface area contributed by atoms with Crippen molar-refractivity contribution in [3.05, 3.63) is 0 Å². The van der Waals surface area contributed by atoms with E-state index in [0.717, 1.165) is 32.1 Å². The monoisotopic (exact) mass is 233 g/mol. The Kier molecular flexibility index (Phi) is 6.95. The lowest BCUT2D eigenvalue weighted by Crippen LogP contribution is -2.24. The third-order valence-corrected chi connectivity index (χ3v) is 2.35. The normalized spacial score (nSPS) is 13.0. The molecule has 2 N–H and O–H groups in total. The van der Waals surface area contributed by atoms with Crippen LogP contribution in [-0.4, -0.2) is 23.7 Å². The molecule has 1 aliphatic rings. The van der Waals surface area contributed by atoms with Crippen molar-refractivity contribution in [2.75, 3.05) is 6.61 Å². The van der Waals surface area contributed by atoms with Crippen molar-refractivity contribution in [1.82, 2.24) is 5.32 Å². The minimum Gasteiger partial charge on any atom is -0.384 e. The summed E-state index contributed by atoms with van der Waals surface area (Å²) in [4.78, 5) is 11.3. The maximum absolute atomic E-state index is 11.3. The van der Waals surface area contributed by atoms with Gasteiger partial charge in [-0.2, -0.15) is 0 Å². The van der Waals surface area contributed by atoms with Gasteiger partial charge in [-0.3, -0.25) is 4.79 Å². The van der Waals surface area contributed by atoms with Crippen molar-refractivity contribution < 1.29 is 9.90 Å². The van der Waals surface area contributed by atoms with Gasteiger partial charge in [-0.05, 0) is 19.3 Å². The van der Waals surface area contributed by atoms with E-state index in [4.69, 9.17) is 5.11 Å². The number of aliphatic hydroxyl groups is 1. The summed E-state index contributed by atoms with van der Waals surface area (Å²) in [5, 5.41) is 11.4. The van der Waals surface area contributed by atoms with Crippen LogP contribution in [0.2, 0.25) is 0 Å². The quantitative estimate of drug-likeness (QED) is 0.554. The highest BCUT2D eigenvalue weighted by Crippen LogP contribution is 2.18. The average molecular weight is 233 g/mol. The van der Waals surface area contributed by atoms with Crippen LogP contribution >= 0.6 is 0 Å². The highest BCUT2D eigenvalue weighted by atomic mass is 16.2. The van der Waals surface area contributed by atoms with Crippen molar-refractivity contribution in [1.29, 1.82) is 0 Å². The van der Waals surface area contributed by atoms with Crippen molar-refractivity contribution in [3.8, 4) is 23.7 Å². The van der Waals surface area contributed by atoms with E-state index in [2.05, 4.69) is 29.0 Å². The topological polar surface area (TPSA) is 49.3 Å². The second kappa shape index (κ2) is 8.67. The van der Waals surface area contributed by atoms with Gasteiger partial charge in [0.1, 0.15) is 6.61 Å². The Morgan fingerprint density at radius 3 is 2.41 bits per heavy atom. The molecule has 0 aromatic rings. The molecule has 0 spiro atoms. The molecule has 92 valence electrons. The Labute approximate surface area is 103 Å². The van der Waals surface area contributed by atoms with E-state index < -0.39 is 0 Å². The molecule has 0 saturated heterocycles. The van der Waals surface area contributed by atoms with E-state index in [1.807, 2.05) is 0 Å². The third-order valence-electron chi connectivity index (χ3n) is 2.35. The summed E-state index contributed by atoms with van der Waals surface area (Å²) in [6, 6.07) is 0.457. The molecule has 1 saturated carbocycles. The third kappa shape index (κ3) is 8.37. The number of amides is 1. The molecule has 1 rings (SSSR count). The minimum absolute atomic E-state index is 0.0798. The Bertz CT molecular complexity index is 350. The van der Waals surface area contributed by atoms with E-state index in [-0.39, 0.29) is 12.5 Å². The summed E-state index contributed by atoms with van der Waals surface area (Å²) in [5.74, 6) is 11.6. The zero-order chi connectivity index (χ0) is 12.3. The highest BCUT2D eigenvalue weighted by Gasteiger charge is 2.22. The highest BCUT2D eigenvalue weighted by molar-refractivity contribution is 5.76. The smallest absolute Gasteiger partial charge is 0.220 e. The maximum Gasteiger partial charge on any atom is 0.220 e. The summed E-state index contributed by atoms with van der Waals surface area (Å²) in [6.07, 6.45) is 5.90. The van der Waals surface area contributed by atoms with E-state index in [1.165, 1.54) is 0 Å². The zero-order valence-electron chi connectivity index (χ0n) is 10.1. The van der Waals surface area contributed by atoms with Gasteiger partial charge >= 0.3 is 0 Å². The first-order valence-corrected chi connectivity index (χ1v) is 6.14. The molecule has 0 unspecified atom stereocenters. The van der Waals surface area contributed by atoms with Gasteiger partial charge in [0, 0.05) is 31.7 Å². The predicted octanol–water partition coefficient (Wildman–Crippen LogP) is 1.21. The number of carbonyl (C=O) groups is 1. The second-order valence-electron chi connectivity index (χ2n) is 4.06. The second-order valence-corrected chi connectivity index (χ2v) is 4.06. The van der Waals surface area contributed by atoms with Crippen LogP contribution in [0.5, 0.6) is 0 Å². The van der Waals surface area contributed by atoms with Crippen LogP contribution in [0.25, 0.3) is 0 Å². The first-order valence-electron chi connectivity index (χ1n) is 6.14. The van der Waals surface area contributed by atoms with Gasteiger partial charge in [0.25, 0.3) is 0 Å². The van der Waals surface area contributed by atoms with Crippen molar-refractivity contribution in [3.63, 3.8) is 0 Å². The van der Waals surface area contributed by atoms with Crippen LogP contribution < -0.4 is 5.32 Å². The number of unbranched alkanes of at least 4 members (excludes halogenated alkanes) is 2. The van der Waals surface area contributed by atoms with Gasteiger partial charge in [0.2, 0.25) is 5.91 Å². The zero-order valence-corrected chi connectivity index (χ0v) is 10.1. The van der Waals surface area contributed by atoms with E-state index in [0.29, 0.717) is 18.9 Å². The van der Waals surface area contributed by atoms with Crippen molar-refractivity contribution in [2.45, 2.75) is 51.0 Å². The first kappa shape index (κ1) is 13.6. The summed E-state index contributed by atoms with van der Waals surface area (Å²) >= 11 is 0. The van der Waals surface area contributed by atoms with E-state index >= 15 is 0 Å². The molecule has 0 radical (unpaired) electrons. The summed E-state index contributed by atoms with van der Waals surface area (Å²) in [7, 11) is 0. The lowest BCUT2D eigenvalue weighted by Gasteiger charge is -2.00. The predicted molar refractivity (Wildman–Crippen MR) is 66.9 cm³/mol. The van der Waals surface area contributed by atoms with E-state index in [9.17, 15) is 4.79 Å². The SMILES string of the molecule is O=C(CCCC#CCCC#CCO)NC1CC1. The van der Waals surface area contributed by atoms with Gasteiger partial charge < -0.3 is 10.4 Å². The molecule has 0 aliphatic heterocycles. The Balaban J connectivity index is 1.91. The van der Waals surface area contributed by atoms with Gasteiger partial charge in [-0.15, -0.1) is 11.8 Å². The molecule has 0 aromatic carbocycles. The number of aliphatic hydroxyl groups excluding tert-OH is 1. The standard InChI is InChI=1S/C14H19NO2/c16-12-8-6-4-2-1-3-5-7-9-14(17)15-13-10-11-13/h13,16H,2,4-5,7,9-12H2,(H,15,17). The lowest BCUT2D eigenvalue weighted by atomic mass is 10.2. The molecule has 0 heterocycles. The van der Waals surface area contributed by atoms with Gasteiger partial charge in [-0.1, -0.05) is 11.8 Å². The molecule has 0 atom stereocenters. The number of hydrogen-bond acceptors (Lipinski definition) is 2. The molecule has 1 fully saturated rings. The number of nitrogens with one attached hydrogen (secondary N) is 1. The van der Waals surface area contributed by atoms with Gasteiger partial charge in [-0.25, -0.2) is 0 Å². The Morgan fingerprint density at radius 1 is 1.12 bits per heavy atom. The lowest BCUT2D eigenvalue weighted by molar-refractivity contribution is -0.121. The molecule has 1 amide bonds. The van der Waals surface area contributed by atoms with Crippen LogP contribution in [0.1, 0.15) is 44.9 Å². The fourth-order valence-electron chi connectivity index (χ4n) is 1.31. The van der Waals surface area contributed by atoms with Crippen molar-refractivity contribution in [2.24, 2.45) is 0 Å². The molecular formula is C14H19NO2. The average Bonchev–Trinajstić information content (AvgIpc) is 3.11. The molecule has 3 nitrogen and oxygen atoms in total. The van der Waals surface area contributed by atoms with Crippen LogP contribution in [0, 0.1) is 23.7 Å². The summed E-state index contributed by atoms with van der Waals surface area (Å²) in [6.45, 7) is -0.0798. The molecule has 17 heavy (non-hydrogen) atoms. The molecular weight excluding hydrogens is 214 g/mol. The maximum atomic E-state index is 11.3. The van der Waals surface area contributed by atoms with Crippen LogP contribution in [0.4, 0.5) is 0 Å². The molecule has 0 aromatic heterocycles. The van der Waals surface area contributed by atoms with Crippen LogP contribution in [0.3, 0.4) is 0 Å². The van der Waals surface area contributed by atoms with E-state index in [1.54, 1.807) is 0 Å². The van der Waals surface area contributed by atoms with Gasteiger partial charge in [0.05, 0.1) is 0 Å². The first-order chi connectivity index (χ1) is 8.33. The van der Waals surface area contributed by atoms with Crippen molar-refractivity contribution >= 4 is 5.91 Å². The molecule has 1 aliphatic carbocycles. The summed E-state index contributed by atoms with van der Waals surface area (Å²) < 4.78 is 0. The molecule has 3 heteroatoms. The minimum atomic E-state index is -0.0798. The number of carbonyl (C=O) groups excluding carboxylic acids is 1. The number of rotatable bonds is 5. The Hall–Kier alpha value is -1.45. The largest absolute Gasteiger partial charge is 0.384 e. The van der Waals surface area contributed by atoms with Crippen LogP contribution in [0.15, 0.2) is 0 Å².